The molecule has 0 N–H and O–H groups in total. The Labute approximate surface area is 194 Å². The van der Waals surface area contributed by atoms with E-state index in [0.29, 0.717) is 57.0 Å². The van der Waals surface area contributed by atoms with Gasteiger partial charge in [-0.15, -0.1) is 0 Å². The van der Waals surface area contributed by atoms with Crippen molar-refractivity contribution in [2.24, 2.45) is 11.8 Å². The lowest BCUT2D eigenvalue weighted by atomic mass is 9.92. The zero-order valence-electron chi connectivity index (χ0n) is 18.6. The van der Waals surface area contributed by atoms with Gasteiger partial charge in [-0.1, -0.05) is 11.6 Å². The maximum atomic E-state index is 13.2. The van der Waals surface area contributed by atoms with Crippen LogP contribution in [0, 0.1) is 11.8 Å². The third kappa shape index (κ3) is 5.55. The molecule has 3 rings (SSSR count). The molecule has 1 aromatic rings. The van der Waals surface area contributed by atoms with E-state index in [1.54, 1.807) is 30.9 Å². The van der Waals surface area contributed by atoms with Crippen molar-refractivity contribution in [1.82, 2.24) is 9.21 Å². The van der Waals surface area contributed by atoms with Crippen molar-refractivity contribution < 1.29 is 27.5 Å². The first-order valence-corrected chi connectivity index (χ1v) is 13.0. The summed E-state index contributed by atoms with van der Waals surface area (Å²) in [5.41, 5.74) is 0. The Morgan fingerprint density at radius 2 is 1.62 bits per heavy atom. The van der Waals surface area contributed by atoms with Crippen LogP contribution in [-0.4, -0.2) is 68.9 Å². The van der Waals surface area contributed by atoms with Gasteiger partial charge in [-0.3, -0.25) is 9.59 Å². The molecule has 0 atom stereocenters. The number of halogens is 1. The minimum absolute atomic E-state index is 0.0436. The number of piperidine rings is 2. The number of rotatable bonds is 7. The Balaban J connectivity index is 1.59. The topological polar surface area (TPSA) is 93.2 Å². The first-order chi connectivity index (χ1) is 15.3. The number of nitrogens with zero attached hydrogens (tertiary/aromatic N) is 2. The molecule has 2 heterocycles. The van der Waals surface area contributed by atoms with Gasteiger partial charge in [-0.25, -0.2) is 8.42 Å². The zero-order valence-corrected chi connectivity index (χ0v) is 20.2. The number of hydrogen-bond donors (Lipinski definition) is 0. The molecule has 1 aromatic carbocycles. The highest BCUT2D eigenvalue weighted by Crippen LogP contribution is 2.33. The van der Waals surface area contributed by atoms with Crippen molar-refractivity contribution in [3.05, 3.63) is 23.2 Å². The average molecular weight is 487 g/mol. The van der Waals surface area contributed by atoms with Gasteiger partial charge >= 0.3 is 5.97 Å². The van der Waals surface area contributed by atoms with Crippen molar-refractivity contribution >= 4 is 33.5 Å². The summed E-state index contributed by atoms with van der Waals surface area (Å²) < 4.78 is 38.4. The molecule has 0 aliphatic carbocycles. The van der Waals surface area contributed by atoms with E-state index in [0.717, 1.165) is 0 Å². The molecule has 0 spiro atoms. The van der Waals surface area contributed by atoms with E-state index >= 15 is 0 Å². The highest BCUT2D eigenvalue weighted by molar-refractivity contribution is 7.89. The van der Waals surface area contributed by atoms with Crippen LogP contribution in [0.4, 0.5) is 0 Å². The molecule has 0 unspecified atom stereocenters. The van der Waals surface area contributed by atoms with Crippen molar-refractivity contribution in [2.75, 3.05) is 39.4 Å². The molecule has 1 amide bonds. The smallest absolute Gasteiger partial charge is 0.309 e. The molecule has 178 valence electrons. The highest BCUT2D eigenvalue weighted by atomic mass is 35.5. The van der Waals surface area contributed by atoms with Crippen LogP contribution in [0.25, 0.3) is 0 Å². The first-order valence-electron chi connectivity index (χ1n) is 11.2. The van der Waals surface area contributed by atoms with Crippen LogP contribution < -0.4 is 4.74 Å². The van der Waals surface area contributed by atoms with Gasteiger partial charge in [0, 0.05) is 37.1 Å². The number of carbonyl (C=O) groups excluding carboxylic acids is 2. The minimum atomic E-state index is -3.79. The third-order valence-electron chi connectivity index (χ3n) is 6.05. The number of benzene rings is 1. The molecular weight excluding hydrogens is 456 g/mol. The normalized spacial score (nSPS) is 19.0. The fraction of sp³-hybridized carbons (Fsp3) is 0.636. The predicted molar refractivity (Wildman–Crippen MR) is 120 cm³/mol. The number of amides is 1. The van der Waals surface area contributed by atoms with Crippen molar-refractivity contribution in [2.45, 2.75) is 44.4 Å². The molecule has 2 aliphatic heterocycles. The van der Waals surface area contributed by atoms with Crippen LogP contribution >= 0.6 is 11.6 Å². The van der Waals surface area contributed by atoms with Gasteiger partial charge in [0.25, 0.3) is 0 Å². The molecule has 0 radical (unpaired) electrons. The quantitative estimate of drug-likeness (QED) is 0.550. The van der Waals surface area contributed by atoms with Crippen LogP contribution in [0.1, 0.15) is 39.5 Å². The van der Waals surface area contributed by atoms with Crippen LogP contribution in [0.5, 0.6) is 5.75 Å². The molecule has 0 bridgehead atoms. The zero-order chi connectivity index (χ0) is 23.3. The van der Waals surface area contributed by atoms with E-state index in [2.05, 4.69) is 0 Å². The molecule has 2 aliphatic rings. The Morgan fingerprint density at radius 3 is 2.22 bits per heavy atom. The van der Waals surface area contributed by atoms with E-state index in [1.807, 2.05) is 0 Å². The second kappa shape index (κ2) is 10.9. The van der Waals surface area contributed by atoms with E-state index in [1.165, 1.54) is 10.4 Å². The van der Waals surface area contributed by atoms with Crippen LogP contribution in [0.3, 0.4) is 0 Å². The van der Waals surface area contributed by atoms with E-state index in [-0.39, 0.29) is 47.4 Å². The molecule has 0 aromatic heterocycles. The summed E-state index contributed by atoms with van der Waals surface area (Å²) >= 11 is 6.04. The van der Waals surface area contributed by atoms with Crippen LogP contribution in [0.2, 0.25) is 5.02 Å². The van der Waals surface area contributed by atoms with E-state index in [4.69, 9.17) is 21.1 Å². The monoisotopic (exact) mass is 486 g/mol. The number of carbonyl (C=O) groups is 2. The molecule has 10 heteroatoms. The molecule has 32 heavy (non-hydrogen) atoms. The lowest BCUT2D eigenvalue weighted by Crippen LogP contribution is -2.47. The number of sulfonamides is 1. The van der Waals surface area contributed by atoms with Gasteiger partial charge in [0.1, 0.15) is 10.6 Å². The second-order valence-electron chi connectivity index (χ2n) is 8.05. The SMILES string of the molecule is CCOC(=O)C1CCN(C(=O)C2CCN(S(=O)(=O)c3cc(Cl)ccc3OCC)CC2)CC1. The highest BCUT2D eigenvalue weighted by Gasteiger charge is 2.36. The Morgan fingerprint density at radius 1 is 1.00 bits per heavy atom. The maximum Gasteiger partial charge on any atom is 0.309 e. The predicted octanol–water partition coefficient (Wildman–Crippen LogP) is 2.94. The summed E-state index contributed by atoms with van der Waals surface area (Å²) in [5.74, 6) is -0.234. The van der Waals surface area contributed by atoms with Gasteiger partial charge in [-0.05, 0) is 57.7 Å². The number of likely N-dealkylation sites (tertiary alicyclic amines) is 1. The van der Waals surface area contributed by atoms with Gasteiger partial charge in [0.05, 0.1) is 19.1 Å². The number of hydrogen-bond acceptors (Lipinski definition) is 6. The number of esters is 1. The van der Waals surface area contributed by atoms with Gasteiger partial charge < -0.3 is 14.4 Å². The second-order valence-corrected chi connectivity index (χ2v) is 10.4. The molecule has 8 nitrogen and oxygen atoms in total. The van der Waals surface area contributed by atoms with E-state index in [9.17, 15) is 18.0 Å². The summed E-state index contributed by atoms with van der Waals surface area (Å²) in [4.78, 5) is 26.7. The molecule has 0 saturated carbocycles. The van der Waals surface area contributed by atoms with Gasteiger partial charge in [0.2, 0.25) is 15.9 Å². The van der Waals surface area contributed by atoms with Crippen LogP contribution in [0.15, 0.2) is 23.1 Å². The van der Waals surface area contributed by atoms with Gasteiger partial charge in [0.15, 0.2) is 0 Å². The van der Waals surface area contributed by atoms with Crippen molar-refractivity contribution in [1.29, 1.82) is 0 Å². The third-order valence-corrected chi connectivity index (χ3v) is 8.21. The lowest BCUT2D eigenvalue weighted by Gasteiger charge is -2.36. The average Bonchev–Trinajstić information content (AvgIpc) is 2.80. The fourth-order valence-electron chi connectivity index (χ4n) is 4.29. The Kier molecular flexibility index (Phi) is 8.41. The van der Waals surface area contributed by atoms with Gasteiger partial charge in [-0.2, -0.15) is 4.31 Å². The first kappa shape index (κ1) is 24.8. The summed E-state index contributed by atoms with van der Waals surface area (Å²) in [6.07, 6.45) is 2.13. The Bertz CT molecular complexity index is 922. The number of ether oxygens (including phenoxy) is 2. The lowest BCUT2D eigenvalue weighted by molar-refractivity contribution is -0.152. The molecule has 2 fully saturated rings. The maximum absolute atomic E-state index is 13.2. The summed E-state index contributed by atoms with van der Waals surface area (Å²) in [5, 5.41) is 0.323. The minimum Gasteiger partial charge on any atom is -0.492 e. The van der Waals surface area contributed by atoms with Crippen molar-refractivity contribution in [3.63, 3.8) is 0 Å². The largest absolute Gasteiger partial charge is 0.492 e. The molecule has 2 saturated heterocycles. The fourth-order valence-corrected chi connectivity index (χ4v) is 6.16. The Hall–Kier alpha value is -1.84. The van der Waals surface area contributed by atoms with Crippen LogP contribution in [-0.2, 0) is 24.3 Å². The van der Waals surface area contributed by atoms with Crippen molar-refractivity contribution in [3.8, 4) is 5.75 Å². The summed E-state index contributed by atoms with van der Waals surface area (Å²) in [6, 6.07) is 4.57. The van der Waals surface area contributed by atoms with E-state index < -0.39 is 10.0 Å². The standard InChI is InChI=1S/C22H31ClN2O6S/c1-3-30-19-6-5-18(23)15-20(19)32(28,29)25-13-9-16(10-14-25)21(26)24-11-7-17(8-12-24)22(27)31-4-2/h5-6,15-17H,3-4,7-14H2,1-2H3. The summed E-state index contributed by atoms with van der Waals surface area (Å²) in [7, 11) is -3.79. The summed E-state index contributed by atoms with van der Waals surface area (Å²) in [6.45, 7) is 5.85. The molecular formula is C22H31ClN2O6S.